The van der Waals surface area contributed by atoms with Crippen LogP contribution >= 0.6 is 11.3 Å². The number of carbonyl (C=O) groups excluding carboxylic acids is 1. The number of carboxylic acid groups (broad SMARTS) is 1. The fourth-order valence-corrected chi connectivity index (χ4v) is 3.96. The molecule has 3 N–H and O–H groups in total. The van der Waals surface area contributed by atoms with Crippen molar-refractivity contribution in [2.24, 2.45) is 5.73 Å². The first-order valence-electron chi connectivity index (χ1n) is 4.90. The van der Waals surface area contributed by atoms with E-state index in [1.54, 1.807) is 6.92 Å². The SMILES string of the molecule is CCN(CC(N)=O)S(=O)(=O)c1ccc(C(=O)O)s1. The first-order chi connectivity index (χ1) is 8.28. The molecule has 18 heavy (non-hydrogen) atoms. The first-order valence-corrected chi connectivity index (χ1v) is 7.16. The van der Waals surface area contributed by atoms with Crippen molar-refractivity contribution in [2.75, 3.05) is 13.1 Å². The van der Waals surface area contributed by atoms with Gasteiger partial charge in [-0.25, -0.2) is 13.2 Å². The highest BCUT2D eigenvalue weighted by atomic mass is 32.2. The fourth-order valence-electron chi connectivity index (χ4n) is 1.24. The van der Waals surface area contributed by atoms with E-state index in [4.69, 9.17) is 10.8 Å². The Morgan fingerprint density at radius 1 is 1.44 bits per heavy atom. The van der Waals surface area contributed by atoms with Gasteiger partial charge in [0.15, 0.2) is 0 Å². The Labute approximate surface area is 108 Å². The minimum Gasteiger partial charge on any atom is -0.477 e. The molecule has 1 rings (SSSR count). The maximum atomic E-state index is 12.1. The number of hydrogen-bond acceptors (Lipinski definition) is 5. The van der Waals surface area contributed by atoms with Crippen LogP contribution < -0.4 is 5.73 Å². The Bertz CT molecular complexity index is 563. The van der Waals surface area contributed by atoms with E-state index in [0.29, 0.717) is 11.3 Å². The van der Waals surface area contributed by atoms with E-state index in [1.165, 1.54) is 12.1 Å². The summed E-state index contributed by atoms with van der Waals surface area (Å²) in [6.45, 7) is 1.21. The molecule has 1 heterocycles. The van der Waals surface area contributed by atoms with Crippen molar-refractivity contribution in [1.29, 1.82) is 0 Å². The molecular formula is C9H12N2O5S2. The maximum absolute atomic E-state index is 12.1. The summed E-state index contributed by atoms with van der Waals surface area (Å²) in [5, 5.41) is 8.73. The van der Waals surface area contributed by atoms with Gasteiger partial charge in [-0.2, -0.15) is 4.31 Å². The van der Waals surface area contributed by atoms with Crippen LogP contribution in [0.15, 0.2) is 16.3 Å². The number of amides is 1. The number of thiophene rings is 1. The van der Waals surface area contributed by atoms with Crippen LogP contribution in [0.1, 0.15) is 16.6 Å². The third-order valence-electron chi connectivity index (χ3n) is 2.07. The molecule has 0 aromatic carbocycles. The van der Waals surface area contributed by atoms with Gasteiger partial charge in [0, 0.05) is 6.54 Å². The monoisotopic (exact) mass is 292 g/mol. The Kier molecular flexibility index (Phi) is 4.43. The molecule has 0 unspecified atom stereocenters. The van der Waals surface area contributed by atoms with Gasteiger partial charge in [0.25, 0.3) is 10.0 Å². The highest BCUT2D eigenvalue weighted by molar-refractivity contribution is 7.91. The number of nitrogens with two attached hydrogens (primary N) is 1. The van der Waals surface area contributed by atoms with E-state index in [1.807, 2.05) is 0 Å². The Morgan fingerprint density at radius 2 is 2.06 bits per heavy atom. The highest BCUT2D eigenvalue weighted by Crippen LogP contribution is 2.24. The molecule has 1 aromatic heterocycles. The quantitative estimate of drug-likeness (QED) is 0.761. The second-order valence-corrected chi connectivity index (χ2v) is 6.57. The Hall–Kier alpha value is -1.45. The molecule has 0 aliphatic heterocycles. The summed E-state index contributed by atoms with van der Waals surface area (Å²) in [4.78, 5) is 21.4. The van der Waals surface area contributed by atoms with E-state index in [9.17, 15) is 18.0 Å². The predicted octanol–water partition coefficient (Wildman–Crippen LogP) is -0.0578. The number of nitrogens with zero attached hydrogens (tertiary/aromatic N) is 1. The minimum absolute atomic E-state index is 0.0750. The molecule has 0 aliphatic rings. The van der Waals surface area contributed by atoms with Gasteiger partial charge in [-0.15, -0.1) is 11.3 Å². The van der Waals surface area contributed by atoms with Gasteiger partial charge in [-0.05, 0) is 12.1 Å². The van der Waals surface area contributed by atoms with E-state index >= 15 is 0 Å². The largest absolute Gasteiger partial charge is 0.477 e. The number of aromatic carboxylic acids is 1. The molecule has 0 saturated carbocycles. The van der Waals surface area contributed by atoms with Crippen molar-refractivity contribution in [3.05, 3.63) is 17.0 Å². The van der Waals surface area contributed by atoms with Crippen molar-refractivity contribution >= 4 is 33.2 Å². The number of rotatable bonds is 6. The summed E-state index contributed by atoms with van der Waals surface area (Å²) in [6.07, 6.45) is 0. The molecule has 9 heteroatoms. The third-order valence-corrected chi connectivity index (χ3v) is 5.53. The van der Waals surface area contributed by atoms with Crippen LogP contribution in [0.2, 0.25) is 0 Å². The van der Waals surface area contributed by atoms with Crippen molar-refractivity contribution in [3.8, 4) is 0 Å². The number of primary amides is 1. The van der Waals surface area contributed by atoms with Gasteiger partial charge in [-0.1, -0.05) is 6.92 Å². The molecule has 0 bridgehead atoms. The summed E-state index contributed by atoms with van der Waals surface area (Å²) >= 11 is 0.637. The normalized spacial score (nSPS) is 11.7. The van der Waals surface area contributed by atoms with Gasteiger partial charge < -0.3 is 10.8 Å². The van der Waals surface area contributed by atoms with Crippen molar-refractivity contribution in [3.63, 3.8) is 0 Å². The standard InChI is InChI=1S/C9H12N2O5S2/c1-2-11(5-7(10)12)18(15,16)8-4-3-6(17-8)9(13)14/h3-4H,2,5H2,1H3,(H2,10,12)(H,13,14). The Morgan fingerprint density at radius 3 is 2.44 bits per heavy atom. The maximum Gasteiger partial charge on any atom is 0.345 e. The summed E-state index contributed by atoms with van der Waals surface area (Å²) in [7, 11) is -3.87. The summed E-state index contributed by atoms with van der Waals surface area (Å²) in [6, 6.07) is 2.41. The van der Waals surface area contributed by atoms with Crippen LogP contribution in [0, 0.1) is 0 Å². The molecule has 0 spiro atoms. The lowest BCUT2D eigenvalue weighted by molar-refractivity contribution is -0.118. The smallest absolute Gasteiger partial charge is 0.345 e. The van der Waals surface area contributed by atoms with Crippen LogP contribution in [-0.2, 0) is 14.8 Å². The van der Waals surface area contributed by atoms with Gasteiger partial charge in [0.05, 0.1) is 6.54 Å². The van der Waals surface area contributed by atoms with Crippen molar-refractivity contribution in [2.45, 2.75) is 11.1 Å². The van der Waals surface area contributed by atoms with Gasteiger partial charge >= 0.3 is 5.97 Å². The fraction of sp³-hybridized carbons (Fsp3) is 0.333. The number of hydrogen-bond donors (Lipinski definition) is 2. The molecule has 1 amide bonds. The second-order valence-electron chi connectivity index (χ2n) is 3.32. The van der Waals surface area contributed by atoms with Crippen molar-refractivity contribution < 1.29 is 23.1 Å². The van der Waals surface area contributed by atoms with Crippen LogP contribution in [0.25, 0.3) is 0 Å². The van der Waals surface area contributed by atoms with Crippen LogP contribution in [0.5, 0.6) is 0 Å². The molecule has 100 valence electrons. The summed E-state index contributed by atoms with van der Waals surface area (Å²) in [5.74, 6) is -1.96. The lowest BCUT2D eigenvalue weighted by Gasteiger charge is -2.17. The number of carboxylic acids is 1. The molecule has 0 atom stereocenters. The number of likely N-dealkylation sites (N-methyl/N-ethyl adjacent to an activating group) is 1. The molecular weight excluding hydrogens is 280 g/mol. The average molecular weight is 292 g/mol. The minimum atomic E-state index is -3.87. The van der Waals surface area contributed by atoms with Gasteiger partial charge in [-0.3, -0.25) is 4.79 Å². The molecule has 0 fully saturated rings. The molecule has 0 saturated heterocycles. The summed E-state index contributed by atoms with van der Waals surface area (Å²) in [5.41, 5.74) is 4.96. The third kappa shape index (κ3) is 3.06. The second kappa shape index (κ2) is 5.46. The molecule has 7 nitrogen and oxygen atoms in total. The number of sulfonamides is 1. The topological polar surface area (TPSA) is 118 Å². The zero-order chi connectivity index (χ0) is 13.9. The van der Waals surface area contributed by atoms with Crippen LogP contribution in [0.3, 0.4) is 0 Å². The van der Waals surface area contributed by atoms with E-state index < -0.39 is 28.4 Å². The van der Waals surface area contributed by atoms with Crippen molar-refractivity contribution in [1.82, 2.24) is 4.31 Å². The lowest BCUT2D eigenvalue weighted by Crippen LogP contribution is -2.37. The average Bonchev–Trinajstić information content (AvgIpc) is 2.75. The lowest BCUT2D eigenvalue weighted by atomic mass is 10.5. The predicted molar refractivity (Wildman–Crippen MR) is 64.9 cm³/mol. The molecule has 1 aromatic rings. The van der Waals surface area contributed by atoms with E-state index in [2.05, 4.69) is 0 Å². The van der Waals surface area contributed by atoms with Crippen LogP contribution in [0.4, 0.5) is 0 Å². The van der Waals surface area contributed by atoms with Gasteiger partial charge in [0.1, 0.15) is 9.09 Å². The number of carbonyl (C=O) groups is 2. The van der Waals surface area contributed by atoms with E-state index in [-0.39, 0.29) is 15.6 Å². The summed E-state index contributed by atoms with van der Waals surface area (Å²) < 4.78 is 24.9. The first kappa shape index (κ1) is 14.6. The van der Waals surface area contributed by atoms with Crippen LogP contribution in [-0.4, -0.2) is 42.8 Å². The Balaban J connectivity index is 3.10. The van der Waals surface area contributed by atoms with E-state index in [0.717, 1.165) is 4.31 Å². The van der Waals surface area contributed by atoms with Gasteiger partial charge in [0.2, 0.25) is 5.91 Å². The molecule has 0 radical (unpaired) electrons. The zero-order valence-electron chi connectivity index (χ0n) is 9.49. The molecule has 0 aliphatic carbocycles. The highest BCUT2D eigenvalue weighted by Gasteiger charge is 2.26. The zero-order valence-corrected chi connectivity index (χ0v) is 11.1.